The molecule has 1 atom stereocenters. The molecule has 1 aromatic carbocycles. The average Bonchev–Trinajstić information content (AvgIpc) is 2.56. The Bertz CT molecular complexity index is 528. The minimum absolute atomic E-state index is 0.265. The summed E-state index contributed by atoms with van der Waals surface area (Å²) in [5.74, 6) is 0.762. The third kappa shape index (κ3) is 2.36. The first-order valence-corrected chi connectivity index (χ1v) is 9.55. The number of hydrogen-bond donors (Lipinski definition) is 0. The maximum Gasteiger partial charge on any atom is 0.240 e. The Morgan fingerprint density at radius 1 is 1.24 bits per heavy atom. The molecule has 0 amide bonds. The molecule has 0 saturated heterocycles. The van der Waals surface area contributed by atoms with Crippen molar-refractivity contribution in [3.63, 3.8) is 0 Å². The molecule has 92 valence electrons. The molecule has 1 heterocycles. The van der Waals surface area contributed by atoms with Crippen LogP contribution in [-0.2, 0) is 7.05 Å². The highest BCUT2D eigenvalue weighted by atomic mass is 28.3. The highest BCUT2D eigenvalue weighted by Crippen LogP contribution is 2.26. The number of benzene rings is 1. The summed E-state index contributed by atoms with van der Waals surface area (Å²) in [7, 11) is 0.660. The quantitative estimate of drug-likeness (QED) is 0.780. The second-order valence-corrected chi connectivity index (χ2v) is 11.1. The van der Waals surface area contributed by atoms with Crippen LogP contribution in [0.15, 0.2) is 24.3 Å². The molecule has 1 aromatic heterocycles. The van der Waals surface area contributed by atoms with Crippen LogP contribution in [0.1, 0.15) is 6.92 Å². The van der Waals surface area contributed by atoms with Crippen molar-refractivity contribution in [1.29, 1.82) is 0 Å². The van der Waals surface area contributed by atoms with Crippen LogP contribution in [0.25, 0.3) is 10.9 Å². The van der Waals surface area contributed by atoms with Gasteiger partial charge in [0.15, 0.2) is 0 Å². The minimum atomic E-state index is -1.29. The predicted molar refractivity (Wildman–Crippen MR) is 74.2 cm³/mol. The molecule has 0 radical (unpaired) electrons. The molecular weight excluding hydrogens is 228 g/mol. The van der Waals surface area contributed by atoms with E-state index in [1.807, 2.05) is 23.9 Å². The monoisotopic (exact) mass is 248 g/mol. The zero-order valence-corrected chi connectivity index (χ0v) is 12.2. The lowest BCUT2D eigenvalue weighted by atomic mass is 10.2. The first-order valence-electron chi connectivity index (χ1n) is 5.98. The summed E-state index contributed by atoms with van der Waals surface area (Å²) in [5.41, 5.74) is 1.38. The molecule has 0 aliphatic carbocycles. The summed E-state index contributed by atoms with van der Waals surface area (Å²) < 4.78 is 7.92. The van der Waals surface area contributed by atoms with E-state index >= 15 is 0 Å². The van der Waals surface area contributed by atoms with Crippen molar-refractivity contribution in [1.82, 2.24) is 9.78 Å². The number of hydrogen-bond acceptors (Lipinski definition) is 2. The van der Waals surface area contributed by atoms with E-state index < -0.39 is 8.07 Å². The molecule has 3 nitrogen and oxygen atoms in total. The van der Waals surface area contributed by atoms with Crippen molar-refractivity contribution in [3.8, 4) is 5.88 Å². The lowest BCUT2D eigenvalue weighted by molar-refractivity contribution is 0.278. The van der Waals surface area contributed by atoms with Crippen LogP contribution in [0.4, 0.5) is 0 Å². The van der Waals surface area contributed by atoms with E-state index in [1.54, 1.807) is 0 Å². The average molecular weight is 248 g/mol. The van der Waals surface area contributed by atoms with Crippen LogP contribution < -0.4 is 4.74 Å². The highest BCUT2D eigenvalue weighted by molar-refractivity contribution is 6.77. The molecule has 0 saturated carbocycles. The summed E-state index contributed by atoms with van der Waals surface area (Å²) in [6.45, 7) is 9.07. The van der Waals surface area contributed by atoms with E-state index in [-0.39, 0.29) is 5.73 Å². The van der Waals surface area contributed by atoms with E-state index in [4.69, 9.17) is 4.74 Å². The molecule has 0 bridgehead atoms. The Labute approximate surface area is 103 Å². The lowest BCUT2D eigenvalue weighted by Gasteiger charge is -2.24. The number of fused-ring (bicyclic) bond motifs is 1. The normalized spacial score (nSPS) is 13.9. The van der Waals surface area contributed by atoms with E-state index in [9.17, 15) is 0 Å². The number of ether oxygens (including phenoxy) is 1. The summed E-state index contributed by atoms with van der Waals surface area (Å²) in [6.07, 6.45) is 0. The van der Waals surface area contributed by atoms with E-state index in [1.165, 1.54) is 0 Å². The molecule has 0 spiro atoms. The molecule has 1 unspecified atom stereocenters. The maximum absolute atomic E-state index is 6.04. The van der Waals surface area contributed by atoms with Gasteiger partial charge in [-0.15, -0.1) is 5.10 Å². The van der Waals surface area contributed by atoms with E-state index in [2.05, 4.69) is 43.8 Å². The Kier molecular flexibility index (Phi) is 2.99. The Morgan fingerprint density at radius 3 is 2.53 bits per heavy atom. The fraction of sp³-hybridized carbons (Fsp3) is 0.462. The van der Waals surface area contributed by atoms with Gasteiger partial charge in [-0.25, -0.2) is 0 Å². The fourth-order valence-corrected chi connectivity index (χ4v) is 2.08. The molecule has 4 heteroatoms. The Morgan fingerprint density at radius 2 is 1.88 bits per heavy atom. The van der Waals surface area contributed by atoms with Gasteiger partial charge in [0, 0.05) is 7.05 Å². The van der Waals surface area contributed by atoms with Gasteiger partial charge in [-0.1, -0.05) is 31.8 Å². The van der Waals surface area contributed by atoms with E-state index in [0.29, 0.717) is 0 Å². The van der Waals surface area contributed by atoms with Crippen molar-refractivity contribution >= 4 is 19.0 Å². The largest absolute Gasteiger partial charge is 0.477 e. The number of para-hydroxylation sites is 1. The molecule has 2 rings (SSSR count). The van der Waals surface area contributed by atoms with Gasteiger partial charge in [0.25, 0.3) is 0 Å². The molecule has 0 N–H and O–H groups in total. The number of aromatic nitrogens is 2. The van der Waals surface area contributed by atoms with Crippen molar-refractivity contribution in [3.05, 3.63) is 24.3 Å². The van der Waals surface area contributed by atoms with Gasteiger partial charge in [0.05, 0.1) is 24.7 Å². The van der Waals surface area contributed by atoms with Crippen LogP contribution >= 0.6 is 0 Å². The first kappa shape index (κ1) is 12.2. The summed E-state index contributed by atoms with van der Waals surface area (Å²) >= 11 is 0. The number of rotatable bonds is 3. The summed E-state index contributed by atoms with van der Waals surface area (Å²) in [5, 5.41) is 5.56. The third-order valence-corrected chi connectivity index (χ3v) is 5.79. The number of aryl methyl sites for hydroxylation is 1. The van der Waals surface area contributed by atoms with Crippen LogP contribution in [-0.4, -0.2) is 23.6 Å². The van der Waals surface area contributed by atoms with Gasteiger partial charge in [-0.05, 0) is 19.1 Å². The van der Waals surface area contributed by atoms with Gasteiger partial charge < -0.3 is 4.74 Å². The van der Waals surface area contributed by atoms with Crippen LogP contribution in [0.3, 0.4) is 0 Å². The minimum Gasteiger partial charge on any atom is -0.477 e. The number of nitrogens with zero attached hydrogens (tertiary/aromatic N) is 2. The third-order valence-electron chi connectivity index (χ3n) is 3.23. The van der Waals surface area contributed by atoms with Gasteiger partial charge >= 0.3 is 0 Å². The second-order valence-electron chi connectivity index (χ2n) is 5.57. The molecule has 17 heavy (non-hydrogen) atoms. The van der Waals surface area contributed by atoms with Crippen molar-refractivity contribution in [2.75, 3.05) is 0 Å². The smallest absolute Gasteiger partial charge is 0.240 e. The standard InChI is InChI=1S/C13H20N2OSi/c1-10(17(3,4)5)16-13-11-8-6-7-9-12(11)15(2)14-13/h6-10H,1-5H3. The zero-order chi connectivity index (χ0) is 12.6. The fourth-order valence-electron chi connectivity index (χ4n) is 1.61. The van der Waals surface area contributed by atoms with Crippen molar-refractivity contribution < 1.29 is 4.74 Å². The van der Waals surface area contributed by atoms with E-state index in [0.717, 1.165) is 16.8 Å². The molecule has 2 aromatic rings. The highest BCUT2D eigenvalue weighted by Gasteiger charge is 2.25. The first-order chi connectivity index (χ1) is 7.89. The predicted octanol–water partition coefficient (Wildman–Crippen LogP) is 3.22. The SMILES string of the molecule is CC(Oc1nn(C)c2ccccc12)[Si](C)(C)C. The topological polar surface area (TPSA) is 27.1 Å². The van der Waals surface area contributed by atoms with Crippen LogP contribution in [0.5, 0.6) is 5.88 Å². The van der Waals surface area contributed by atoms with Gasteiger partial charge in [-0.3, -0.25) is 4.68 Å². The second kappa shape index (κ2) is 4.18. The van der Waals surface area contributed by atoms with Gasteiger partial charge in [0.1, 0.15) is 0 Å². The van der Waals surface area contributed by atoms with Crippen LogP contribution in [0.2, 0.25) is 19.6 Å². The van der Waals surface area contributed by atoms with Gasteiger partial charge in [-0.2, -0.15) is 0 Å². The summed E-state index contributed by atoms with van der Waals surface area (Å²) in [4.78, 5) is 0. The van der Waals surface area contributed by atoms with Crippen molar-refractivity contribution in [2.24, 2.45) is 7.05 Å². The molecule has 0 fully saturated rings. The van der Waals surface area contributed by atoms with Crippen LogP contribution in [0, 0.1) is 0 Å². The molecule has 0 aliphatic heterocycles. The summed E-state index contributed by atoms with van der Waals surface area (Å²) in [6, 6.07) is 8.18. The maximum atomic E-state index is 6.04. The van der Waals surface area contributed by atoms with Gasteiger partial charge in [0.2, 0.25) is 5.88 Å². The lowest BCUT2D eigenvalue weighted by Crippen LogP contribution is -2.40. The Hall–Kier alpha value is -1.29. The zero-order valence-electron chi connectivity index (χ0n) is 11.2. The molecule has 0 aliphatic rings. The molecular formula is C13H20N2OSi. The van der Waals surface area contributed by atoms with Crippen molar-refractivity contribution in [2.45, 2.75) is 32.3 Å². The Balaban J connectivity index is 2.37.